The topological polar surface area (TPSA) is 53.0 Å². The molecule has 1 heterocycles. The number of hydrogen-bond donors (Lipinski definition) is 1. The van der Waals surface area contributed by atoms with Crippen LogP contribution in [-0.4, -0.2) is 48.3 Å². The van der Waals surface area contributed by atoms with Gasteiger partial charge in [0.15, 0.2) is 0 Å². The lowest BCUT2D eigenvalue weighted by Crippen LogP contribution is -2.41. The first-order chi connectivity index (χ1) is 13.6. The second-order valence-corrected chi connectivity index (χ2v) is 7.03. The van der Waals surface area contributed by atoms with Crippen LogP contribution in [0, 0.1) is 5.82 Å². The number of carbonyl (C=O) groups is 1. The predicted molar refractivity (Wildman–Crippen MR) is 106 cm³/mol. The zero-order valence-corrected chi connectivity index (χ0v) is 16.2. The number of carbonyl (C=O) groups excluding carboxylic acids is 1. The lowest BCUT2D eigenvalue weighted by Gasteiger charge is -2.34. The molecule has 1 atom stereocenters. The maximum absolute atomic E-state index is 13.8. The van der Waals surface area contributed by atoms with Crippen molar-refractivity contribution in [3.05, 3.63) is 65.5 Å². The van der Waals surface area contributed by atoms with E-state index >= 15 is 0 Å². The number of benzene rings is 2. The molecule has 0 aliphatic carbocycles. The Morgan fingerprint density at radius 1 is 1.18 bits per heavy atom. The van der Waals surface area contributed by atoms with Gasteiger partial charge in [0.1, 0.15) is 5.82 Å². The van der Waals surface area contributed by atoms with Gasteiger partial charge in [0.25, 0.3) is 0 Å². The normalized spacial score (nSPS) is 15.8. The van der Waals surface area contributed by atoms with E-state index in [0.29, 0.717) is 39.2 Å². The van der Waals surface area contributed by atoms with Crippen molar-refractivity contribution in [2.45, 2.75) is 32.6 Å². The number of rotatable bonds is 7. The first kappa shape index (κ1) is 20.3. The smallest absolute Gasteiger partial charge is 0.224 e. The van der Waals surface area contributed by atoms with Gasteiger partial charge in [-0.05, 0) is 36.2 Å². The Balaban J connectivity index is 1.65. The van der Waals surface area contributed by atoms with Crippen LogP contribution in [0.4, 0.5) is 10.1 Å². The van der Waals surface area contributed by atoms with Gasteiger partial charge in [0.2, 0.25) is 5.91 Å². The summed E-state index contributed by atoms with van der Waals surface area (Å²) in [6.07, 6.45) is -0.346. The van der Waals surface area contributed by atoms with Crippen LogP contribution < -0.4 is 4.90 Å². The number of aliphatic hydroxyl groups is 1. The van der Waals surface area contributed by atoms with E-state index in [1.54, 1.807) is 11.0 Å². The molecule has 1 amide bonds. The molecule has 150 valence electrons. The summed E-state index contributed by atoms with van der Waals surface area (Å²) in [5.41, 5.74) is 2.66. The average Bonchev–Trinajstić information content (AvgIpc) is 2.69. The third-order valence-corrected chi connectivity index (χ3v) is 4.93. The molecule has 0 spiro atoms. The van der Waals surface area contributed by atoms with Crippen molar-refractivity contribution < 1.29 is 19.0 Å². The second kappa shape index (κ2) is 9.66. The van der Waals surface area contributed by atoms with Gasteiger partial charge in [-0.25, -0.2) is 4.39 Å². The van der Waals surface area contributed by atoms with Gasteiger partial charge in [-0.3, -0.25) is 4.79 Å². The minimum absolute atomic E-state index is 0.0391. The molecule has 1 aliphatic rings. The highest BCUT2D eigenvalue weighted by Crippen LogP contribution is 2.26. The second-order valence-electron chi connectivity index (χ2n) is 7.03. The zero-order chi connectivity index (χ0) is 19.9. The SMILES string of the molecule is CCN1Cc2cc(F)ccc2N(C[C@@H](O)COCc2ccccc2)CCC1=O. The Morgan fingerprint density at radius 3 is 2.71 bits per heavy atom. The Labute approximate surface area is 165 Å². The average molecular weight is 386 g/mol. The summed E-state index contributed by atoms with van der Waals surface area (Å²) in [5.74, 6) is -0.285. The molecule has 0 fully saturated rings. The lowest BCUT2D eigenvalue weighted by molar-refractivity contribution is -0.131. The van der Waals surface area contributed by atoms with E-state index < -0.39 is 6.10 Å². The number of aliphatic hydroxyl groups excluding tert-OH is 1. The summed E-state index contributed by atoms with van der Waals surface area (Å²) in [7, 11) is 0. The van der Waals surface area contributed by atoms with Gasteiger partial charge in [-0.1, -0.05) is 30.3 Å². The highest BCUT2D eigenvalue weighted by atomic mass is 19.1. The molecule has 3 rings (SSSR count). The van der Waals surface area contributed by atoms with E-state index in [9.17, 15) is 14.3 Å². The van der Waals surface area contributed by atoms with Gasteiger partial charge >= 0.3 is 0 Å². The van der Waals surface area contributed by atoms with Crippen molar-refractivity contribution in [3.63, 3.8) is 0 Å². The van der Waals surface area contributed by atoms with Crippen molar-refractivity contribution in [1.82, 2.24) is 4.90 Å². The van der Waals surface area contributed by atoms with Crippen molar-refractivity contribution >= 4 is 11.6 Å². The van der Waals surface area contributed by atoms with Crippen molar-refractivity contribution in [1.29, 1.82) is 0 Å². The van der Waals surface area contributed by atoms with E-state index in [1.807, 2.05) is 42.2 Å². The summed E-state index contributed by atoms with van der Waals surface area (Å²) in [6, 6.07) is 14.4. The Kier molecular flexibility index (Phi) is 7.01. The van der Waals surface area contributed by atoms with Crippen LogP contribution in [0.1, 0.15) is 24.5 Å². The number of β-amino-alcohol motifs (C(OH)–C–C–N with tert-alkyl or cyclic N) is 1. The molecule has 0 unspecified atom stereocenters. The number of halogens is 1. The molecule has 1 aliphatic heterocycles. The number of amides is 1. The van der Waals surface area contributed by atoms with Gasteiger partial charge in [-0.2, -0.15) is 0 Å². The highest BCUT2D eigenvalue weighted by molar-refractivity contribution is 5.78. The summed E-state index contributed by atoms with van der Waals surface area (Å²) in [6.45, 7) is 4.31. The molecule has 0 bridgehead atoms. The number of fused-ring (bicyclic) bond motifs is 1. The van der Waals surface area contributed by atoms with E-state index in [0.717, 1.165) is 16.8 Å². The van der Waals surface area contributed by atoms with Crippen LogP contribution in [0.5, 0.6) is 0 Å². The first-order valence-corrected chi connectivity index (χ1v) is 9.67. The lowest BCUT2D eigenvalue weighted by atomic mass is 10.1. The van der Waals surface area contributed by atoms with Crippen LogP contribution in [0.25, 0.3) is 0 Å². The van der Waals surface area contributed by atoms with Crippen molar-refractivity contribution in [2.75, 3.05) is 31.1 Å². The van der Waals surface area contributed by atoms with Crippen LogP contribution in [0.2, 0.25) is 0 Å². The zero-order valence-electron chi connectivity index (χ0n) is 16.2. The van der Waals surface area contributed by atoms with E-state index in [2.05, 4.69) is 0 Å². The molecule has 0 saturated heterocycles. The van der Waals surface area contributed by atoms with Gasteiger partial charge in [0, 0.05) is 38.3 Å². The fourth-order valence-corrected chi connectivity index (χ4v) is 3.46. The molecular formula is C22H27FN2O3. The quantitative estimate of drug-likeness (QED) is 0.795. The standard InChI is InChI=1S/C22H27FN2O3/c1-2-24-13-18-12-19(23)8-9-21(18)25(11-10-22(24)27)14-20(26)16-28-15-17-6-4-3-5-7-17/h3-9,12,20,26H,2,10-11,13-16H2,1H3/t20-/m1/s1. The first-order valence-electron chi connectivity index (χ1n) is 9.67. The number of ether oxygens (including phenoxy) is 1. The van der Waals surface area contributed by atoms with Crippen LogP contribution >= 0.6 is 0 Å². The summed E-state index contributed by atoms with van der Waals surface area (Å²) in [4.78, 5) is 16.1. The van der Waals surface area contributed by atoms with Gasteiger partial charge in [-0.15, -0.1) is 0 Å². The largest absolute Gasteiger partial charge is 0.389 e. The molecule has 6 heteroatoms. The van der Waals surface area contributed by atoms with Gasteiger partial charge in [0.05, 0.1) is 19.3 Å². The molecule has 0 saturated carbocycles. The third kappa shape index (κ3) is 5.30. The predicted octanol–water partition coefficient (Wildman–Crippen LogP) is 2.96. The Morgan fingerprint density at radius 2 is 1.96 bits per heavy atom. The molecule has 0 radical (unpaired) electrons. The maximum atomic E-state index is 13.8. The van der Waals surface area contributed by atoms with Crippen molar-refractivity contribution in [2.24, 2.45) is 0 Å². The van der Waals surface area contributed by atoms with Crippen LogP contribution in [0.15, 0.2) is 48.5 Å². The van der Waals surface area contributed by atoms with Gasteiger partial charge < -0.3 is 19.6 Å². The number of hydrogen-bond acceptors (Lipinski definition) is 4. The summed E-state index contributed by atoms with van der Waals surface area (Å²) in [5, 5.41) is 10.4. The van der Waals surface area contributed by atoms with E-state index in [1.165, 1.54) is 12.1 Å². The minimum atomic E-state index is -0.710. The van der Waals surface area contributed by atoms with E-state index in [-0.39, 0.29) is 18.3 Å². The van der Waals surface area contributed by atoms with Crippen LogP contribution in [-0.2, 0) is 22.7 Å². The molecule has 5 nitrogen and oxygen atoms in total. The number of nitrogens with zero attached hydrogens (tertiary/aromatic N) is 2. The van der Waals surface area contributed by atoms with E-state index in [4.69, 9.17) is 4.74 Å². The fourth-order valence-electron chi connectivity index (χ4n) is 3.46. The number of anilines is 1. The molecule has 1 N–H and O–H groups in total. The fraction of sp³-hybridized carbons (Fsp3) is 0.409. The Hall–Kier alpha value is -2.44. The van der Waals surface area contributed by atoms with Crippen molar-refractivity contribution in [3.8, 4) is 0 Å². The summed E-state index contributed by atoms with van der Waals surface area (Å²) < 4.78 is 19.4. The highest BCUT2D eigenvalue weighted by Gasteiger charge is 2.23. The maximum Gasteiger partial charge on any atom is 0.224 e. The molecule has 28 heavy (non-hydrogen) atoms. The molecule has 2 aromatic rings. The minimum Gasteiger partial charge on any atom is -0.389 e. The monoisotopic (exact) mass is 386 g/mol. The summed E-state index contributed by atoms with van der Waals surface area (Å²) >= 11 is 0. The Bertz CT molecular complexity index is 785. The molecule has 2 aromatic carbocycles. The molecule has 0 aromatic heterocycles. The molecular weight excluding hydrogens is 359 g/mol. The van der Waals surface area contributed by atoms with Crippen LogP contribution in [0.3, 0.4) is 0 Å². The third-order valence-electron chi connectivity index (χ3n) is 4.93.